The number of aromatic nitrogens is 1. The Bertz CT molecular complexity index is 1030. The first-order chi connectivity index (χ1) is 13.0. The smallest absolute Gasteiger partial charge is 0.298 e. The predicted molar refractivity (Wildman–Crippen MR) is 106 cm³/mol. The Labute approximate surface area is 167 Å². The van der Waals surface area contributed by atoms with E-state index in [-0.39, 0.29) is 27.5 Å². The van der Waals surface area contributed by atoms with Crippen molar-refractivity contribution in [3.8, 4) is 0 Å². The van der Waals surface area contributed by atoms with E-state index in [2.05, 4.69) is 9.71 Å². The summed E-state index contributed by atoms with van der Waals surface area (Å²) in [5.41, 5.74) is 1.49. The standard InChI is InChI=1S/C18H17Cl2N3O3S/c19-13-6-3-7-14(20)17(13)27(24,25)21-11-12-5-4-10-23(12)18-22-15-8-1-2-9-16(15)26-18/h1-3,6-9,12,21H,4-5,10-11H2. The zero-order chi connectivity index (χ0) is 19.0. The molecular formula is C18H17Cl2N3O3S. The molecule has 4 rings (SSSR count). The minimum atomic E-state index is -3.83. The molecule has 9 heteroatoms. The minimum Gasteiger partial charge on any atom is -0.423 e. The molecule has 1 aromatic heterocycles. The lowest BCUT2D eigenvalue weighted by Crippen LogP contribution is -2.40. The molecule has 142 valence electrons. The number of nitrogens with zero attached hydrogens (tertiary/aromatic N) is 2. The third-order valence-electron chi connectivity index (χ3n) is 4.60. The topological polar surface area (TPSA) is 75.4 Å². The Balaban J connectivity index is 1.53. The van der Waals surface area contributed by atoms with Gasteiger partial charge in [0.2, 0.25) is 10.0 Å². The first-order valence-corrected chi connectivity index (χ1v) is 10.8. The van der Waals surface area contributed by atoms with Crippen LogP contribution in [0, 0.1) is 0 Å². The fraction of sp³-hybridized carbons (Fsp3) is 0.278. The molecule has 1 atom stereocenters. The van der Waals surface area contributed by atoms with Crippen molar-refractivity contribution in [2.75, 3.05) is 18.0 Å². The zero-order valence-electron chi connectivity index (χ0n) is 14.2. The molecule has 1 fully saturated rings. The van der Waals surface area contributed by atoms with Crippen LogP contribution in [-0.2, 0) is 10.0 Å². The van der Waals surface area contributed by atoms with E-state index in [1.807, 2.05) is 29.2 Å². The van der Waals surface area contributed by atoms with Crippen molar-refractivity contribution in [3.05, 3.63) is 52.5 Å². The highest BCUT2D eigenvalue weighted by Gasteiger charge is 2.30. The maximum atomic E-state index is 12.7. The van der Waals surface area contributed by atoms with Crippen molar-refractivity contribution in [2.45, 2.75) is 23.8 Å². The van der Waals surface area contributed by atoms with Gasteiger partial charge in [-0.3, -0.25) is 0 Å². The molecule has 0 aliphatic carbocycles. The van der Waals surface area contributed by atoms with Gasteiger partial charge in [-0.15, -0.1) is 0 Å². The van der Waals surface area contributed by atoms with E-state index in [1.165, 1.54) is 12.1 Å². The molecule has 6 nitrogen and oxygen atoms in total. The fourth-order valence-corrected chi connectivity index (χ4v) is 5.51. The highest BCUT2D eigenvalue weighted by Crippen LogP contribution is 2.30. The number of anilines is 1. The summed E-state index contributed by atoms with van der Waals surface area (Å²) in [6, 6.07) is 12.6. The highest BCUT2D eigenvalue weighted by atomic mass is 35.5. The lowest BCUT2D eigenvalue weighted by atomic mass is 10.2. The summed E-state index contributed by atoms with van der Waals surface area (Å²) in [6.07, 6.45) is 1.76. The summed E-state index contributed by atoms with van der Waals surface area (Å²) >= 11 is 12.1. The summed E-state index contributed by atoms with van der Waals surface area (Å²) in [7, 11) is -3.83. The maximum absolute atomic E-state index is 12.7. The van der Waals surface area contributed by atoms with Gasteiger partial charge in [0, 0.05) is 19.1 Å². The molecular weight excluding hydrogens is 409 g/mol. The molecule has 2 heterocycles. The van der Waals surface area contributed by atoms with Gasteiger partial charge in [0.15, 0.2) is 5.58 Å². The predicted octanol–water partition coefficient (Wildman–Crippen LogP) is 4.08. The lowest BCUT2D eigenvalue weighted by molar-refractivity contribution is 0.534. The van der Waals surface area contributed by atoms with Crippen LogP contribution in [-0.4, -0.2) is 32.5 Å². The second-order valence-corrected chi connectivity index (χ2v) is 8.87. The Morgan fingerprint density at radius 1 is 1.15 bits per heavy atom. The molecule has 1 N–H and O–H groups in total. The maximum Gasteiger partial charge on any atom is 0.298 e. The first kappa shape index (κ1) is 18.6. The molecule has 0 radical (unpaired) electrons. The molecule has 2 aromatic carbocycles. The Kier molecular flexibility index (Phi) is 5.03. The van der Waals surface area contributed by atoms with Gasteiger partial charge in [-0.2, -0.15) is 4.98 Å². The molecule has 1 saturated heterocycles. The van der Waals surface area contributed by atoms with Gasteiger partial charge in [0.05, 0.1) is 10.0 Å². The van der Waals surface area contributed by atoms with Gasteiger partial charge in [0.25, 0.3) is 6.01 Å². The number of hydrogen-bond donors (Lipinski definition) is 1. The Hall–Kier alpha value is -1.80. The second-order valence-electron chi connectivity index (χ2n) is 6.36. The van der Waals surface area contributed by atoms with Crippen molar-refractivity contribution in [2.24, 2.45) is 0 Å². The van der Waals surface area contributed by atoms with E-state index < -0.39 is 10.0 Å². The van der Waals surface area contributed by atoms with Crippen LogP contribution in [0.25, 0.3) is 11.1 Å². The van der Waals surface area contributed by atoms with E-state index in [0.717, 1.165) is 24.9 Å². The molecule has 1 aliphatic rings. The Morgan fingerprint density at radius 2 is 1.89 bits per heavy atom. The fourth-order valence-electron chi connectivity index (χ4n) is 3.30. The number of oxazole rings is 1. The average molecular weight is 426 g/mol. The van der Waals surface area contributed by atoms with E-state index in [4.69, 9.17) is 27.6 Å². The molecule has 1 unspecified atom stereocenters. The summed E-state index contributed by atoms with van der Waals surface area (Å²) < 4.78 is 33.8. The first-order valence-electron chi connectivity index (χ1n) is 8.51. The largest absolute Gasteiger partial charge is 0.423 e. The molecule has 1 aliphatic heterocycles. The number of halogens is 2. The van der Waals surface area contributed by atoms with E-state index >= 15 is 0 Å². The summed E-state index contributed by atoms with van der Waals surface area (Å²) in [5, 5.41) is 0.189. The quantitative estimate of drug-likeness (QED) is 0.666. The van der Waals surface area contributed by atoms with Crippen molar-refractivity contribution in [1.29, 1.82) is 0 Å². The van der Waals surface area contributed by atoms with Crippen LogP contribution >= 0.6 is 23.2 Å². The monoisotopic (exact) mass is 425 g/mol. The number of sulfonamides is 1. The lowest BCUT2D eigenvalue weighted by Gasteiger charge is -2.23. The minimum absolute atomic E-state index is 0.0610. The van der Waals surface area contributed by atoms with Crippen LogP contribution in [0.5, 0.6) is 0 Å². The normalized spacial score (nSPS) is 17.7. The van der Waals surface area contributed by atoms with Crippen molar-refractivity contribution < 1.29 is 12.8 Å². The average Bonchev–Trinajstić information content (AvgIpc) is 3.26. The molecule has 0 bridgehead atoms. The Morgan fingerprint density at radius 3 is 2.63 bits per heavy atom. The molecule has 3 aromatic rings. The molecule has 0 saturated carbocycles. The van der Waals surface area contributed by atoms with Gasteiger partial charge in [-0.1, -0.05) is 41.4 Å². The summed E-state index contributed by atoms with van der Waals surface area (Å²) in [5.74, 6) is 0. The number of hydrogen-bond acceptors (Lipinski definition) is 5. The van der Waals surface area contributed by atoms with E-state index in [0.29, 0.717) is 11.6 Å². The van der Waals surface area contributed by atoms with Gasteiger partial charge in [0.1, 0.15) is 10.4 Å². The third kappa shape index (κ3) is 3.65. The van der Waals surface area contributed by atoms with Crippen LogP contribution < -0.4 is 9.62 Å². The van der Waals surface area contributed by atoms with Gasteiger partial charge >= 0.3 is 0 Å². The number of rotatable bonds is 5. The van der Waals surface area contributed by atoms with Crippen molar-refractivity contribution in [3.63, 3.8) is 0 Å². The van der Waals surface area contributed by atoms with Gasteiger partial charge in [-0.25, -0.2) is 13.1 Å². The summed E-state index contributed by atoms with van der Waals surface area (Å²) in [4.78, 5) is 6.41. The van der Waals surface area contributed by atoms with Gasteiger partial charge in [-0.05, 0) is 37.1 Å². The van der Waals surface area contributed by atoms with Crippen LogP contribution in [0.1, 0.15) is 12.8 Å². The van der Waals surface area contributed by atoms with Crippen molar-refractivity contribution >= 4 is 50.3 Å². The van der Waals surface area contributed by atoms with Crippen molar-refractivity contribution in [1.82, 2.24) is 9.71 Å². The molecule has 0 amide bonds. The number of nitrogens with one attached hydrogen (secondary N) is 1. The van der Waals surface area contributed by atoms with Crippen LogP contribution in [0.4, 0.5) is 6.01 Å². The number of para-hydroxylation sites is 2. The van der Waals surface area contributed by atoms with Gasteiger partial charge < -0.3 is 9.32 Å². The number of fused-ring (bicyclic) bond motifs is 1. The third-order valence-corrected chi connectivity index (χ3v) is 6.98. The van der Waals surface area contributed by atoms with Crippen LogP contribution in [0.15, 0.2) is 51.8 Å². The summed E-state index contributed by atoms with van der Waals surface area (Å²) in [6.45, 7) is 0.967. The van der Waals surface area contributed by atoms with Crippen LogP contribution in [0.2, 0.25) is 10.0 Å². The van der Waals surface area contributed by atoms with E-state index in [9.17, 15) is 8.42 Å². The molecule has 0 spiro atoms. The second kappa shape index (κ2) is 7.31. The number of benzene rings is 2. The van der Waals surface area contributed by atoms with E-state index in [1.54, 1.807) is 6.07 Å². The van der Waals surface area contributed by atoms with Crippen LogP contribution in [0.3, 0.4) is 0 Å². The molecule has 27 heavy (non-hydrogen) atoms. The zero-order valence-corrected chi connectivity index (χ0v) is 16.6. The SMILES string of the molecule is O=S(=O)(NCC1CCCN1c1nc2ccccc2o1)c1c(Cl)cccc1Cl. The highest BCUT2D eigenvalue weighted by molar-refractivity contribution is 7.89.